The number of rotatable bonds is 13. The lowest BCUT2D eigenvalue weighted by atomic mass is 9.99. The number of carbonyl (C=O) groups is 2. The number of para-hydroxylation sites is 1. The minimum absolute atomic E-state index is 0.00125. The molecule has 0 spiro atoms. The molecule has 1 atom stereocenters. The van der Waals surface area contributed by atoms with Crippen molar-refractivity contribution in [3.05, 3.63) is 76.9 Å². The molecular weight excluding hydrogens is 585 g/mol. The van der Waals surface area contributed by atoms with E-state index < -0.39 is 15.7 Å². The molecule has 0 bridgehead atoms. The summed E-state index contributed by atoms with van der Waals surface area (Å²) in [5, 5.41) is 13.2. The number of amides is 2. The van der Waals surface area contributed by atoms with Crippen molar-refractivity contribution in [2.45, 2.75) is 37.1 Å². The van der Waals surface area contributed by atoms with Crippen LogP contribution in [0.2, 0.25) is 5.02 Å². The molecule has 13 heteroatoms. The average molecular weight is 618 g/mol. The summed E-state index contributed by atoms with van der Waals surface area (Å²) in [7, 11) is -2.29. The molecule has 0 fully saturated rings. The van der Waals surface area contributed by atoms with E-state index in [1.54, 1.807) is 12.1 Å². The first-order chi connectivity index (χ1) is 20.0. The maximum absolute atomic E-state index is 15.0. The number of sulfone groups is 1. The molecule has 42 heavy (non-hydrogen) atoms. The van der Waals surface area contributed by atoms with Gasteiger partial charge in [-0.1, -0.05) is 29.8 Å². The lowest BCUT2D eigenvalue weighted by Crippen LogP contribution is -2.45. The summed E-state index contributed by atoms with van der Waals surface area (Å²) in [4.78, 5) is 35.6. The Morgan fingerprint density at radius 3 is 2.64 bits per heavy atom. The Morgan fingerprint density at radius 2 is 2.05 bits per heavy atom. The standard InChI is InChI=1S/C29H33ClFN5O5S/c1-5-6-14-35(19(2)16-33-17-37)28(32-3)20-15-21(30)27(26-22(31)10-9-12-24(26)39)34-29(20)36(18-38)23-11-7-8-13-25(23)42(4,40)41/h5,7-8,10-11,13,15,17-19,39H,1,6,9,12,14,16H2,2-4H3,(H,33,37)/b32-28+. The monoisotopic (exact) mass is 617 g/mol. The molecule has 1 heterocycles. The van der Waals surface area contributed by atoms with Gasteiger partial charge in [-0.05, 0) is 44.0 Å². The van der Waals surface area contributed by atoms with Gasteiger partial charge < -0.3 is 15.3 Å². The number of aliphatic hydroxyl groups excluding tert-OH is 1. The molecule has 2 amide bonds. The van der Waals surface area contributed by atoms with Crippen molar-refractivity contribution in [1.82, 2.24) is 15.2 Å². The number of hydrogen-bond acceptors (Lipinski definition) is 7. The molecule has 2 N–H and O–H groups in total. The number of carbonyl (C=O) groups excluding carboxylic acids is 2. The van der Waals surface area contributed by atoms with Crippen LogP contribution in [0.3, 0.4) is 0 Å². The molecule has 0 aliphatic heterocycles. The Hall–Kier alpha value is -4.03. The summed E-state index contributed by atoms with van der Waals surface area (Å²) in [5.41, 5.74) is -0.125. The number of benzene rings is 1. The topological polar surface area (TPSA) is 132 Å². The fourth-order valence-corrected chi connectivity index (χ4v) is 5.76. The van der Waals surface area contributed by atoms with Crippen LogP contribution < -0.4 is 10.2 Å². The summed E-state index contributed by atoms with van der Waals surface area (Å²) in [6.07, 6.45) is 5.97. The molecule has 0 radical (unpaired) electrons. The number of hydrogen-bond donors (Lipinski definition) is 2. The molecule has 2 aromatic rings. The van der Waals surface area contributed by atoms with Gasteiger partial charge in [0.1, 0.15) is 17.4 Å². The highest BCUT2D eigenvalue weighted by atomic mass is 35.5. The Balaban J connectivity index is 2.40. The molecule has 1 aromatic heterocycles. The number of allylic oxidation sites excluding steroid dienone is 4. The second-order valence-electron chi connectivity index (χ2n) is 9.51. The number of nitrogens with zero attached hydrogens (tertiary/aromatic N) is 4. The number of amidine groups is 1. The SMILES string of the molecule is C=CCCN(/C(=N/C)c1cc(Cl)c(C2=C(O)CCC=C2F)nc1N(C=O)c1ccccc1S(C)(=O)=O)C(C)CNC=O. The molecule has 10 nitrogen and oxygen atoms in total. The Labute approximate surface area is 249 Å². The molecule has 1 aliphatic rings. The maximum atomic E-state index is 15.0. The summed E-state index contributed by atoms with van der Waals surface area (Å²) in [6, 6.07) is 7.02. The number of anilines is 2. The first-order valence-corrected chi connectivity index (χ1v) is 15.3. The molecular formula is C29H33ClFN5O5S. The molecule has 224 valence electrons. The third-order valence-corrected chi connectivity index (χ3v) is 8.04. The van der Waals surface area contributed by atoms with Gasteiger partial charge in [-0.2, -0.15) is 0 Å². The number of halogens is 2. The van der Waals surface area contributed by atoms with Gasteiger partial charge in [-0.3, -0.25) is 19.5 Å². The average Bonchev–Trinajstić information content (AvgIpc) is 2.95. The fourth-order valence-electron chi connectivity index (χ4n) is 4.64. The van der Waals surface area contributed by atoms with Gasteiger partial charge in [0.15, 0.2) is 15.7 Å². The van der Waals surface area contributed by atoms with Crippen molar-refractivity contribution in [3.8, 4) is 0 Å². The van der Waals surface area contributed by atoms with Crippen LogP contribution >= 0.6 is 11.6 Å². The molecule has 1 aromatic carbocycles. The zero-order valence-corrected chi connectivity index (χ0v) is 25.1. The molecule has 3 rings (SSSR count). The normalized spacial score (nSPS) is 14.6. The smallest absolute Gasteiger partial charge is 0.219 e. The van der Waals surface area contributed by atoms with Crippen LogP contribution in [0.4, 0.5) is 15.9 Å². The highest BCUT2D eigenvalue weighted by molar-refractivity contribution is 7.90. The minimum atomic E-state index is -3.81. The number of aliphatic imine (C=N–C) groups is 1. The first kappa shape index (κ1) is 32.5. The van der Waals surface area contributed by atoms with E-state index in [4.69, 9.17) is 11.6 Å². The van der Waals surface area contributed by atoms with E-state index in [-0.39, 0.29) is 69.4 Å². The number of nitrogens with one attached hydrogen (secondary N) is 1. The van der Waals surface area contributed by atoms with Gasteiger partial charge in [-0.15, -0.1) is 6.58 Å². The third-order valence-electron chi connectivity index (χ3n) is 6.61. The van der Waals surface area contributed by atoms with E-state index in [0.717, 1.165) is 11.2 Å². The van der Waals surface area contributed by atoms with Gasteiger partial charge in [0, 0.05) is 38.9 Å². The van der Waals surface area contributed by atoms with Crippen molar-refractivity contribution >= 4 is 57.2 Å². The largest absolute Gasteiger partial charge is 0.511 e. The number of aromatic nitrogens is 1. The van der Waals surface area contributed by atoms with Crippen LogP contribution in [0.5, 0.6) is 0 Å². The Bertz CT molecular complexity index is 1560. The third kappa shape index (κ3) is 7.05. The molecule has 1 aliphatic carbocycles. The van der Waals surface area contributed by atoms with Gasteiger partial charge >= 0.3 is 0 Å². The number of pyridine rings is 1. The number of aliphatic hydroxyl groups is 1. The van der Waals surface area contributed by atoms with Crippen LogP contribution in [0.1, 0.15) is 37.4 Å². The van der Waals surface area contributed by atoms with E-state index in [1.165, 1.54) is 37.4 Å². The predicted octanol–water partition coefficient (Wildman–Crippen LogP) is 4.74. The summed E-state index contributed by atoms with van der Waals surface area (Å²) in [5.74, 6) is -0.775. The lowest BCUT2D eigenvalue weighted by Gasteiger charge is -2.33. The van der Waals surface area contributed by atoms with Gasteiger partial charge in [-0.25, -0.2) is 17.8 Å². The van der Waals surface area contributed by atoms with E-state index in [2.05, 4.69) is 21.9 Å². The second-order valence-corrected chi connectivity index (χ2v) is 11.9. The van der Waals surface area contributed by atoms with E-state index in [1.807, 2.05) is 11.8 Å². The van der Waals surface area contributed by atoms with E-state index in [0.29, 0.717) is 31.6 Å². The van der Waals surface area contributed by atoms with Crippen molar-refractivity contribution in [1.29, 1.82) is 0 Å². The van der Waals surface area contributed by atoms with E-state index >= 15 is 4.39 Å². The van der Waals surface area contributed by atoms with Crippen LogP contribution in [0, 0.1) is 0 Å². The summed E-state index contributed by atoms with van der Waals surface area (Å²) >= 11 is 6.68. The van der Waals surface area contributed by atoms with Crippen molar-refractivity contribution < 1.29 is 27.5 Å². The Kier molecular flexibility index (Phi) is 11.0. The Morgan fingerprint density at radius 1 is 1.33 bits per heavy atom. The zero-order valence-electron chi connectivity index (χ0n) is 23.5. The summed E-state index contributed by atoms with van der Waals surface area (Å²) in [6.45, 7) is 6.29. The van der Waals surface area contributed by atoms with Gasteiger partial charge in [0.2, 0.25) is 12.8 Å². The quantitative estimate of drug-likeness (QED) is 0.144. The highest BCUT2D eigenvalue weighted by Crippen LogP contribution is 2.40. The molecule has 0 saturated heterocycles. The highest BCUT2D eigenvalue weighted by Gasteiger charge is 2.31. The van der Waals surface area contributed by atoms with Gasteiger partial charge in [0.05, 0.1) is 32.4 Å². The predicted molar refractivity (Wildman–Crippen MR) is 162 cm³/mol. The van der Waals surface area contributed by atoms with Crippen LogP contribution in [-0.2, 0) is 19.4 Å². The summed E-state index contributed by atoms with van der Waals surface area (Å²) < 4.78 is 40.4. The fraction of sp³-hybridized carbons (Fsp3) is 0.310. The minimum Gasteiger partial charge on any atom is -0.511 e. The van der Waals surface area contributed by atoms with E-state index in [9.17, 15) is 23.1 Å². The van der Waals surface area contributed by atoms with Crippen molar-refractivity contribution in [2.75, 3.05) is 31.3 Å². The second kappa shape index (κ2) is 14.2. The molecule has 1 unspecified atom stereocenters. The maximum Gasteiger partial charge on any atom is 0.219 e. The van der Waals surface area contributed by atoms with Crippen molar-refractivity contribution in [3.63, 3.8) is 0 Å². The lowest BCUT2D eigenvalue weighted by molar-refractivity contribution is -0.109. The first-order valence-electron chi connectivity index (χ1n) is 13.0. The zero-order chi connectivity index (χ0) is 31.0. The van der Waals surface area contributed by atoms with Gasteiger partial charge in [0.25, 0.3) is 0 Å². The molecule has 0 saturated carbocycles. The van der Waals surface area contributed by atoms with Crippen LogP contribution in [0.15, 0.2) is 70.5 Å². The van der Waals surface area contributed by atoms with Crippen LogP contribution in [0.25, 0.3) is 5.57 Å². The van der Waals surface area contributed by atoms with Crippen LogP contribution in [-0.4, -0.2) is 74.5 Å². The van der Waals surface area contributed by atoms with Crippen molar-refractivity contribution in [2.24, 2.45) is 4.99 Å².